The van der Waals surface area contributed by atoms with Gasteiger partial charge in [0.15, 0.2) is 5.82 Å². The third-order valence-corrected chi connectivity index (χ3v) is 4.30. The fourth-order valence-corrected chi connectivity index (χ4v) is 3.11. The molecule has 1 aromatic heterocycles. The maximum atomic E-state index is 9.36. The first-order valence-electron chi connectivity index (χ1n) is 7.86. The van der Waals surface area contributed by atoms with Crippen LogP contribution in [0.2, 0.25) is 0 Å². The number of benzene rings is 2. The van der Waals surface area contributed by atoms with E-state index in [0.29, 0.717) is 12.4 Å². The van der Waals surface area contributed by atoms with E-state index in [4.69, 9.17) is 9.73 Å². The SMILES string of the molecule is COc1ccc(C2=NCc3nnc(C#N)n3-c3ccccc32)c(C)c1. The van der Waals surface area contributed by atoms with Crippen molar-refractivity contribution >= 4 is 5.71 Å². The zero-order valence-corrected chi connectivity index (χ0v) is 13.9. The van der Waals surface area contributed by atoms with Crippen molar-refractivity contribution in [2.75, 3.05) is 7.11 Å². The fourth-order valence-electron chi connectivity index (χ4n) is 3.11. The van der Waals surface area contributed by atoms with Crippen molar-refractivity contribution in [1.82, 2.24) is 14.8 Å². The minimum atomic E-state index is 0.269. The fraction of sp³-hybridized carbons (Fsp3) is 0.158. The zero-order valence-electron chi connectivity index (χ0n) is 13.9. The normalized spacial score (nSPS) is 12.4. The monoisotopic (exact) mass is 329 g/mol. The van der Waals surface area contributed by atoms with Gasteiger partial charge in [-0.15, -0.1) is 10.2 Å². The van der Waals surface area contributed by atoms with Crippen LogP contribution in [0, 0.1) is 18.3 Å². The summed E-state index contributed by atoms with van der Waals surface area (Å²) in [6, 6.07) is 15.9. The van der Waals surface area contributed by atoms with Gasteiger partial charge >= 0.3 is 0 Å². The van der Waals surface area contributed by atoms with Crippen molar-refractivity contribution in [3.8, 4) is 17.5 Å². The first kappa shape index (κ1) is 15.1. The molecule has 0 bridgehead atoms. The number of hydrogen-bond donors (Lipinski definition) is 0. The molecule has 0 fully saturated rings. The van der Waals surface area contributed by atoms with E-state index in [2.05, 4.69) is 16.3 Å². The van der Waals surface area contributed by atoms with Gasteiger partial charge in [0.25, 0.3) is 0 Å². The molecule has 0 unspecified atom stereocenters. The van der Waals surface area contributed by atoms with Gasteiger partial charge < -0.3 is 4.74 Å². The molecule has 2 heterocycles. The topological polar surface area (TPSA) is 76.1 Å². The molecule has 0 amide bonds. The third kappa shape index (κ3) is 2.37. The lowest BCUT2D eigenvalue weighted by molar-refractivity contribution is 0.414. The first-order valence-corrected chi connectivity index (χ1v) is 7.86. The van der Waals surface area contributed by atoms with Gasteiger partial charge in [-0.1, -0.05) is 18.2 Å². The van der Waals surface area contributed by atoms with Gasteiger partial charge in [-0.3, -0.25) is 9.56 Å². The highest BCUT2D eigenvalue weighted by atomic mass is 16.5. The first-order chi connectivity index (χ1) is 12.2. The zero-order chi connectivity index (χ0) is 17.4. The number of aryl methyl sites for hydroxylation is 1. The largest absolute Gasteiger partial charge is 0.497 e. The van der Waals surface area contributed by atoms with Crippen LogP contribution >= 0.6 is 0 Å². The van der Waals surface area contributed by atoms with Gasteiger partial charge in [-0.2, -0.15) is 5.26 Å². The van der Waals surface area contributed by atoms with E-state index in [1.807, 2.05) is 49.4 Å². The molecule has 122 valence electrons. The lowest BCUT2D eigenvalue weighted by Crippen LogP contribution is -2.09. The summed E-state index contributed by atoms with van der Waals surface area (Å²) in [4.78, 5) is 4.78. The molecule has 1 aliphatic heterocycles. The molecule has 25 heavy (non-hydrogen) atoms. The smallest absolute Gasteiger partial charge is 0.239 e. The maximum Gasteiger partial charge on any atom is 0.239 e. The second-order valence-corrected chi connectivity index (χ2v) is 5.75. The van der Waals surface area contributed by atoms with Crippen LogP contribution in [0.5, 0.6) is 5.75 Å². The average Bonchev–Trinajstić information content (AvgIpc) is 2.98. The van der Waals surface area contributed by atoms with Crippen molar-refractivity contribution in [3.05, 3.63) is 70.8 Å². The van der Waals surface area contributed by atoms with Gasteiger partial charge in [-0.05, 0) is 36.8 Å². The van der Waals surface area contributed by atoms with Crippen LogP contribution in [-0.4, -0.2) is 27.6 Å². The molecular weight excluding hydrogens is 314 g/mol. The Kier molecular flexibility index (Phi) is 3.55. The molecule has 0 spiro atoms. The number of aliphatic imine (C=N–C) groups is 1. The van der Waals surface area contributed by atoms with Crippen LogP contribution < -0.4 is 4.74 Å². The average molecular weight is 329 g/mol. The van der Waals surface area contributed by atoms with Gasteiger partial charge in [-0.25, -0.2) is 0 Å². The van der Waals surface area contributed by atoms with Crippen molar-refractivity contribution in [2.45, 2.75) is 13.5 Å². The van der Waals surface area contributed by atoms with E-state index in [-0.39, 0.29) is 5.82 Å². The second-order valence-electron chi connectivity index (χ2n) is 5.75. The Balaban J connectivity index is 1.95. The van der Waals surface area contributed by atoms with Crippen molar-refractivity contribution in [3.63, 3.8) is 0 Å². The van der Waals surface area contributed by atoms with Gasteiger partial charge in [0, 0.05) is 11.1 Å². The summed E-state index contributed by atoms with van der Waals surface area (Å²) in [5.74, 6) is 1.74. The molecule has 0 saturated heterocycles. The molecule has 1 aliphatic rings. The van der Waals surface area contributed by atoms with Crippen LogP contribution in [0.1, 0.15) is 28.3 Å². The Morgan fingerprint density at radius 3 is 2.72 bits per heavy atom. The molecule has 6 heteroatoms. The number of ether oxygens (including phenoxy) is 1. The van der Waals surface area contributed by atoms with Crippen LogP contribution in [0.15, 0.2) is 47.5 Å². The second kappa shape index (κ2) is 5.87. The lowest BCUT2D eigenvalue weighted by Gasteiger charge is -2.14. The highest BCUT2D eigenvalue weighted by Crippen LogP contribution is 2.27. The van der Waals surface area contributed by atoms with E-state index in [0.717, 1.165) is 33.8 Å². The minimum absolute atomic E-state index is 0.269. The number of nitriles is 1. The minimum Gasteiger partial charge on any atom is -0.497 e. The summed E-state index contributed by atoms with van der Waals surface area (Å²) in [7, 11) is 1.66. The summed E-state index contributed by atoms with van der Waals surface area (Å²) in [5.41, 5.74) is 4.80. The number of fused-ring (bicyclic) bond motifs is 3. The lowest BCUT2D eigenvalue weighted by atomic mass is 9.96. The maximum absolute atomic E-state index is 9.36. The molecule has 6 nitrogen and oxygen atoms in total. The van der Waals surface area contributed by atoms with Crippen molar-refractivity contribution in [2.24, 2.45) is 4.99 Å². The standard InChI is InChI=1S/C19H15N5O/c1-12-9-13(25-2)7-8-14(12)19-15-5-3-4-6-16(15)24-17(10-20)22-23-18(24)11-21-19/h3-9H,11H2,1-2H3. The number of hydrogen-bond acceptors (Lipinski definition) is 5. The molecule has 0 saturated carbocycles. The van der Waals surface area contributed by atoms with Gasteiger partial charge in [0.05, 0.1) is 18.5 Å². The summed E-state index contributed by atoms with van der Waals surface area (Å²) in [6.07, 6.45) is 0. The van der Waals surface area contributed by atoms with Crippen LogP contribution in [0.3, 0.4) is 0 Å². The molecule has 3 aromatic rings. The van der Waals surface area contributed by atoms with E-state index >= 15 is 0 Å². The number of para-hydroxylation sites is 1. The molecule has 0 N–H and O–H groups in total. The van der Waals surface area contributed by atoms with E-state index < -0.39 is 0 Å². The molecule has 0 radical (unpaired) electrons. The van der Waals surface area contributed by atoms with E-state index in [9.17, 15) is 5.26 Å². The molecule has 0 atom stereocenters. The van der Waals surface area contributed by atoms with Crippen LogP contribution in [0.4, 0.5) is 0 Å². The Bertz CT molecular complexity index is 1040. The predicted molar refractivity (Wildman–Crippen MR) is 93.1 cm³/mol. The highest BCUT2D eigenvalue weighted by molar-refractivity contribution is 6.16. The van der Waals surface area contributed by atoms with E-state index in [1.165, 1.54) is 0 Å². The van der Waals surface area contributed by atoms with Crippen molar-refractivity contribution in [1.29, 1.82) is 5.26 Å². The molecular formula is C19H15N5O. The Morgan fingerprint density at radius 1 is 1.12 bits per heavy atom. The summed E-state index contributed by atoms with van der Waals surface area (Å²) >= 11 is 0. The van der Waals surface area contributed by atoms with Crippen LogP contribution in [0.25, 0.3) is 5.69 Å². The third-order valence-electron chi connectivity index (χ3n) is 4.30. The van der Waals surface area contributed by atoms with Gasteiger partial charge in [0.1, 0.15) is 18.4 Å². The Morgan fingerprint density at radius 2 is 1.96 bits per heavy atom. The number of nitrogens with zero attached hydrogens (tertiary/aromatic N) is 5. The van der Waals surface area contributed by atoms with Crippen LogP contribution in [-0.2, 0) is 6.54 Å². The Hall–Kier alpha value is -3.46. The number of methoxy groups -OCH3 is 1. The number of aromatic nitrogens is 3. The van der Waals surface area contributed by atoms with Gasteiger partial charge in [0.2, 0.25) is 5.82 Å². The summed E-state index contributed by atoms with van der Waals surface area (Å²) < 4.78 is 7.08. The quantitative estimate of drug-likeness (QED) is 0.724. The highest BCUT2D eigenvalue weighted by Gasteiger charge is 2.23. The summed E-state index contributed by atoms with van der Waals surface area (Å²) in [5, 5.41) is 17.4. The summed E-state index contributed by atoms with van der Waals surface area (Å²) in [6.45, 7) is 2.40. The molecule has 4 rings (SSSR count). The number of rotatable bonds is 2. The molecule has 0 aliphatic carbocycles. The molecule has 2 aromatic carbocycles. The van der Waals surface area contributed by atoms with Crippen molar-refractivity contribution < 1.29 is 4.74 Å². The predicted octanol–water partition coefficient (Wildman–Crippen LogP) is 2.81. The Labute approximate surface area is 145 Å². The van der Waals surface area contributed by atoms with E-state index in [1.54, 1.807) is 11.7 Å².